The van der Waals surface area contributed by atoms with Crippen LogP contribution in [0, 0.1) is 34.9 Å². The molecule has 0 fully saturated rings. The average Bonchev–Trinajstić information content (AvgIpc) is 3.25. The molecule has 0 aromatic heterocycles. The van der Waals surface area contributed by atoms with Crippen molar-refractivity contribution in [2.75, 3.05) is 13.1 Å². The topological polar surface area (TPSA) is 0 Å². The van der Waals surface area contributed by atoms with Crippen LogP contribution in [0.25, 0.3) is 54.9 Å². The maximum Gasteiger partial charge on any atom is 0.194 e. The Morgan fingerprint density at radius 1 is 0.520 bits per heavy atom. The molecule has 1 heterocycles. The number of quaternary nitrogens is 1. The van der Waals surface area contributed by atoms with E-state index in [-0.39, 0.29) is 28.1 Å². The summed E-state index contributed by atoms with van der Waals surface area (Å²) in [7, 11) is 0. The molecular weight excluding hydrogens is 712 g/mol. The van der Waals surface area contributed by atoms with E-state index in [4.69, 9.17) is 0 Å². The smallest absolute Gasteiger partial charge is 0.194 e. The number of rotatable bonds is 8. The SMILES string of the molecule is CCCC[N+]1(CCCC)Cc2c(-c3cc(F)c(F)c(F)c3)cc3ccccc3c2-c2c(c(-c3cc(F)c(F)c(F)c3)cc3ccccc23)C1.[Br-]. The summed E-state index contributed by atoms with van der Waals surface area (Å²) in [5.41, 5.74) is 5.13. The van der Waals surface area contributed by atoms with Crippen LogP contribution in [0.15, 0.2) is 84.9 Å². The summed E-state index contributed by atoms with van der Waals surface area (Å²) in [6.45, 7) is 6.83. The van der Waals surface area contributed by atoms with Gasteiger partial charge in [0.05, 0.1) is 13.1 Å². The number of benzene rings is 6. The van der Waals surface area contributed by atoms with Gasteiger partial charge in [0.25, 0.3) is 0 Å². The lowest BCUT2D eigenvalue weighted by molar-refractivity contribution is -0.953. The van der Waals surface area contributed by atoms with Crippen LogP contribution in [0.5, 0.6) is 0 Å². The normalized spacial score (nSPS) is 13.5. The minimum atomic E-state index is -1.52. The van der Waals surface area contributed by atoms with Crippen molar-refractivity contribution in [2.24, 2.45) is 0 Å². The van der Waals surface area contributed by atoms with E-state index in [1.165, 1.54) is 0 Å². The largest absolute Gasteiger partial charge is 1.00 e. The Bertz CT molecular complexity index is 2040. The molecule has 7 rings (SSSR count). The highest BCUT2D eigenvalue weighted by molar-refractivity contribution is 6.11. The fraction of sp³-hybridized carbons (Fsp3) is 0.238. The van der Waals surface area contributed by atoms with Gasteiger partial charge in [-0.2, -0.15) is 0 Å². The highest BCUT2D eigenvalue weighted by Gasteiger charge is 2.38. The van der Waals surface area contributed by atoms with Crippen LogP contribution in [0.2, 0.25) is 0 Å². The van der Waals surface area contributed by atoms with Crippen molar-refractivity contribution in [1.29, 1.82) is 0 Å². The Hall–Kier alpha value is -4.14. The fourth-order valence-corrected chi connectivity index (χ4v) is 7.76. The minimum absolute atomic E-state index is 0. The molecule has 0 spiro atoms. The highest BCUT2D eigenvalue weighted by atomic mass is 79.9. The molecule has 0 bridgehead atoms. The molecule has 0 radical (unpaired) electrons. The van der Waals surface area contributed by atoms with E-state index < -0.39 is 34.9 Å². The zero-order valence-electron chi connectivity index (χ0n) is 27.8. The zero-order chi connectivity index (χ0) is 34.4. The van der Waals surface area contributed by atoms with Gasteiger partial charge in [0.1, 0.15) is 13.1 Å². The Labute approximate surface area is 298 Å². The lowest BCUT2D eigenvalue weighted by Gasteiger charge is -2.39. The molecule has 0 aliphatic carbocycles. The van der Waals surface area contributed by atoms with Crippen molar-refractivity contribution in [3.8, 4) is 33.4 Å². The Kier molecular flexibility index (Phi) is 10.2. The van der Waals surface area contributed by atoms with Gasteiger partial charge >= 0.3 is 0 Å². The summed E-state index contributed by atoms with van der Waals surface area (Å²) in [6, 6.07) is 23.7. The van der Waals surface area contributed by atoms with Crippen LogP contribution in [-0.2, 0) is 13.1 Å². The average molecular weight is 749 g/mol. The van der Waals surface area contributed by atoms with Gasteiger partial charge in [0, 0.05) is 22.3 Å². The summed E-state index contributed by atoms with van der Waals surface area (Å²) in [4.78, 5) is 0. The molecule has 0 atom stereocenters. The first-order valence-electron chi connectivity index (χ1n) is 16.9. The summed E-state index contributed by atoms with van der Waals surface area (Å²) in [5, 5.41) is 3.47. The van der Waals surface area contributed by atoms with Crippen LogP contribution in [-0.4, -0.2) is 17.6 Å². The lowest BCUT2D eigenvalue weighted by atomic mass is 9.82. The first-order valence-corrected chi connectivity index (χ1v) is 16.9. The predicted octanol–water partition coefficient (Wildman–Crippen LogP) is 9.26. The second-order valence-corrected chi connectivity index (χ2v) is 13.3. The molecule has 0 amide bonds. The predicted molar refractivity (Wildman–Crippen MR) is 185 cm³/mol. The number of halogens is 7. The van der Waals surface area contributed by atoms with E-state index in [2.05, 4.69) is 13.8 Å². The van der Waals surface area contributed by atoms with Crippen LogP contribution in [0.1, 0.15) is 50.7 Å². The molecule has 0 saturated heterocycles. The van der Waals surface area contributed by atoms with Crippen molar-refractivity contribution in [3.05, 3.63) is 131 Å². The Morgan fingerprint density at radius 3 is 1.24 bits per heavy atom. The quantitative estimate of drug-likeness (QED) is 0.0828. The van der Waals surface area contributed by atoms with Gasteiger partial charge in [-0.3, -0.25) is 0 Å². The van der Waals surface area contributed by atoms with E-state index in [9.17, 15) is 26.3 Å². The zero-order valence-corrected chi connectivity index (χ0v) is 29.4. The van der Waals surface area contributed by atoms with Crippen molar-refractivity contribution in [2.45, 2.75) is 52.6 Å². The standard InChI is InChI=1S/C42H36F6N.BrH/c1-3-5-15-49(16-6-4-2)23-33-31(27-19-35(43)41(47)36(44)20-27)17-25-11-7-9-13-29(25)39(33)40-30-14-10-8-12-26(30)18-32(34(40)24-49)28-21-37(45)42(48)38(46)22-28;/h7-14,17-22H,3-6,15-16,23-24H2,1-2H3;1H/q+1;/p-1. The molecule has 0 N–H and O–H groups in total. The maximum atomic E-state index is 14.9. The molecule has 0 saturated carbocycles. The van der Waals surface area contributed by atoms with Gasteiger partial charge in [0.2, 0.25) is 0 Å². The molecule has 50 heavy (non-hydrogen) atoms. The number of nitrogens with zero attached hydrogens (tertiary/aromatic N) is 1. The molecule has 1 aliphatic heterocycles. The molecule has 8 heteroatoms. The summed E-state index contributed by atoms with van der Waals surface area (Å²) < 4.78 is 88.9. The fourth-order valence-electron chi connectivity index (χ4n) is 7.76. The summed E-state index contributed by atoms with van der Waals surface area (Å²) >= 11 is 0. The number of fused-ring (bicyclic) bond motifs is 7. The van der Waals surface area contributed by atoms with E-state index in [1.807, 2.05) is 60.7 Å². The Balaban J connectivity index is 0.00000432. The van der Waals surface area contributed by atoms with Crippen molar-refractivity contribution in [3.63, 3.8) is 0 Å². The number of hydrogen-bond acceptors (Lipinski definition) is 0. The van der Waals surface area contributed by atoms with E-state index >= 15 is 0 Å². The van der Waals surface area contributed by atoms with Gasteiger partial charge in [-0.25, -0.2) is 26.3 Å². The van der Waals surface area contributed by atoms with E-state index in [0.29, 0.717) is 28.7 Å². The third-order valence-corrected chi connectivity index (χ3v) is 10.1. The monoisotopic (exact) mass is 747 g/mol. The first kappa shape index (κ1) is 35.7. The minimum Gasteiger partial charge on any atom is -1.00 e. The van der Waals surface area contributed by atoms with Gasteiger partial charge in [-0.1, -0.05) is 75.2 Å². The molecule has 258 valence electrons. The van der Waals surface area contributed by atoms with Gasteiger partial charge in [-0.05, 0) is 93.0 Å². The first-order chi connectivity index (χ1) is 23.6. The maximum absolute atomic E-state index is 14.9. The van der Waals surface area contributed by atoms with Gasteiger partial charge < -0.3 is 21.5 Å². The second-order valence-electron chi connectivity index (χ2n) is 13.3. The molecule has 6 aromatic carbocycles. The molecular formula is C42H36BrF6N. The van der Waals surface area contributed by atoms with Crippen LogP contribution in [0.4, 0.5) is 26.3 Å². The van der Waals surface area contributed by atoms with Crippen LogP contribution >= 0.6 is 0 Å². The van der Waals surface area contributed by atoms with Gasteiger partial charge in [0.15, 0.2) is 34.9 Å². The number of unbranched alkanes of at least 4 members (excludes halogenated alkanes) is 2. The molecule has 1 aliphatic rings. The van der Waals surface area contributed by atoms with Crippen LogP contribution in [0.3, 0.4) is 0 Å². The summed E-state index contributed by atoms with van der Waals surface area (Å²) in [5.74, 6) is -8.11. The lowest BCUT2D eigenvalue weighted by Crippen LogP contribution is -3.00. The van der Waals surface area contributed by atoms with Crippen molar-refractivity contribution in [1.82, 2.24) is 0 Å². The van der Waals surface area contributed by atoms with E-state index in [0.717, 1.165) is 107 Å². The van der Waals surface area contributed by atoms with E-state index in [1.54, 1.807) is 0 Å². The Morgan fingerprint density at radius 2 is 0.880 bits per heavy atom. The molecule has 6 aromatic rings. The second kappa shape index (κ2) is 14.2. The van der Waals surface area contributed by atoms with Crippen LogP contribution < -0.4 is 17.0 Å². The third kappa shape index (κ3) is 6.21. The van der Waals surface area contributed by atoms with Crippen molar-refractivity contribution < 1.29 is 47.8 Å². The number of hydrogen-bond donors (Lipinski definition) is 0. The highest BCUT2D eigenvalue weighted by Crippen LogP contribution is 2.50. The third-order valence-electron chi connectivity index (χ3n) is 10.1. The van der Waals surface area contributed by atoms with Gasteiger partial charge in [-0.15, -0.1) is 0 Å². The molecule has 1 nitrogen and oxygen atoms in total. The summed E-state index contributed by atoms with van der Waals surface area (Å²) in [6.07, 6.45) is 3.67. The molecule has 0 unspecified atom stereocenters. The van der Waals surface area contributed by atoms with Crippen molar-refractivity contribution >= 4 is 21.5 Å².